The van der Waals surface area contributed by atoms with Crippen LogP contribution in [-0.4, -0.2) is 61.7 Å². The summed E-state index contributed by atoms with van der Waals surface area (Å²) in [6.07, 6.45) is 3.96. The number of fused-ring (bicyclic) bond motifs is 2. The Kier molecular flexibility index (Phi) is 8.28. The number of carbonyl (C=O) groups excluding carboxylic acids is 4. The molecule has 1 radical (unpaired) electrons. The highest BCUT2D eigenvalue weighted by molar-refractivity contribution is 6.26. The number of aromatic amines is 2. The summed E-state index contributed by atoms with van der Waals surface area (Å²) in [5.41, 5.74) is 3.49. The predicted octanol–water partition coefficient (Wildman–Crippen LogP) is 2.06. The molecule has 0 saturated carbocycles. The molecule has 2 atom stereocenters. The highest BCUT2D eigenvalue weighted by atomic mass is 27.2. The van der Waals surface area contributed by atoms with Crippen molar-refractivity contribution in [2.45, 2.75) is 38.8 Å². The summed E-state index contributed by atoms with van der Waals surface area (Å²) in [6, 6.07) is 13.3. The largest absolute Gasteiger partial charge is 0.885 e. The predicted molar refractivity (Wildman–Crippen MR) is 137 cm³/mol. The second-order valence-electron chi connectivity index (χ2n) is 8.60. The van der Waals surface area contributed by atoms with E-state index in [1.807, 2.05) is 48.5 Å². The molecule has 4 N–H and O–H groups in total. The molecule has 2 aromatic carbocycles. The Bertz CT molecular complexity index is 1340. The Morgan fingerprint density at radius 1 is 0.730 bits per heavy atom. The van der Waals surface area contributed by atoms with Gasteiger partial charge in [-0.2, -0.15) is 0 Å². The lowest BCUT2D eigenvalue weighted by Crippen LogP contribution is -2.45. The number of hydrogen-bond acceptors (Lipinski definition) is 6. The van der Waals surface area contributed by atoms with Gasteiger partial charge in [0, 0.05) is 60.9 Å². The zero-order chi connectivity index (χ0) is 26.4. The number of hydrogen-bond donors (Lipinski definition) is 4. The number of benzene rings is 2. The molecule has 2 heterocycles. The van der Waals surface area contributed by atoms with Crippen LogP contribution < -0.4 is 10.6 Å². The minimum Gasteiger partial charge on any atom is -0.588 e. The Labute approximate surface area is 219 Å². The fourth-order valence-electron chi connectivity index (χ4n) is 4.20. The molecule has 189 valence electrons. The maximum Gasteiger partial charge on any atom is 0.885 e. The fourth-order valence-corrected chi connectivity index (χ4v) is 4.77. The topological polar surface area (TPSA) is 142 Å². The molecule has 2 unspecified atom stereocenters. The van der Waals surface area contributed by atoms with Crippen LogP contribution in [0.5, 0.6) is 0 Å². The standard InChI is InChI=1S/2C13H14N2O3.Al/c2*1-8(16)15-12(13(17)18)6-9-7-14-11-5-3-2-4-10(9)11;/h2*2-5,7,12,14H,6H2,1H3,(H,15,16)(H,17,18);/q;;+2/p-2. The van der Waals surface area contributed by atoms with Crippen molar-refractivity contribution in [2.75, 3.05) is 0 Å². The van der Waals surface area contributed by atoms with Crippen LogP contribution in [0.1, 0.15) is 25.0 Å². The van der Waals surface area contributed by atoms with E-state index in [0.717, 1.165) is 32.9 Å². The van der Waals surface area contributed by atoms with Gasteiger partial charge in [0.15, 0.2) is 0 Å². The van der Waals surface area contributed by atoms with Gasteiger partial charge in [0.2, 0.25) is 11.8 Å². The maximum absolute atomic E-state index is 12.8. The number of rotatable bonds is 10. The Morgan fingerprint density at radius 2 is 1.14 bits per heavy atom. The Hall–Kier alpha value is -4.07. The van der Waals surface area contributed by atoms with E-state index in [1.165, 1.54) is 13.8 Å². The molecule has 0 fully saturated rings. The van der Waals surface area contributed by atoms with Gasteiger partial charge in [-0.05, 0) is 23.3 Å². The van der Waals surface area contributed by atoms with Crippen LogP contribution in [0.2, 0.25) is 0 Å². The van der Waals surface area contributed by atoms with Gasteiger partial charge in [-0.3, -0.25) is 19.2 Å². The van der Waals surface area contributed by atoms with Crippen LogP contribution in [0.4, 0.5) is 0 Å². The number of carbonyl (C=O) groups is 4. The first-order chi connectivity index (χ1) is 17.8. The summed E-state index contributed by atoms with van der Waals surface area (Å²) in [7, 11) is 0. The summed E-state index contributed by atoms with van der Waals surface area (Å²) >= 11 is -1.52. The van der Waals surface area contributed by atoms with Crippen LogP contribution in [-0.2, 0) is 39.6 Å². The highest BCUT2D eigenvalue weighted by Crippen LogP contribution is 2.20. The van der Waals surface area contributed by atoms with Gasteiger partial charge in [0.05, 0.1) is 0 Å². The zero-order valence-electron chi connectivity index (χ0n) is 20.4. The molecule has 4 aromatic rings. The van der Waals surface area contributed by atoms with Gasteiger partial charge in [0.1, 0.15) is 12.1 Å². The molecule has 0 aliphatic heterocycles. The van der Waals surface area contributed by atoms with Gasteiger partial charge in [-0.25, -0.2) is 0 Å². The quantitative estimate of drug-likeness (QED) is 0.237. The van der Waals surface area contributed by atoms with E-state index in [4.69, 9.17) is 7.58 Å². The van der Waals surface area contributed by atoms with E-state index in [1.54, 1.807) is 12.4 Å². The van der Waals surface area contributed by atoms with Crippen molar-refractivity contribution in [1.29, 1.82) is 0 Å². The van der Waals surface area contributed by atoms with E-state index in [-0.39, 0.29) is 12.8 Å². The highest BCUT2D eigenvalue weighted by Gasteiger charge is 2.28. The van der Waals surface area contributed by atoms with E-state index in [0.29, 0.717) is 0 Å². The summed E-state index contributed by atoms with van der Waals surface area (Å²) in [6.45, 7) is 2.62. The molecule has 0 aliphatic carbocycles. The number of para-hydroxylation sites is 2. The first-order valence-corrected chi connectivity index (χ1v) is 12.6. The van der Waals surface area contributed by atoms with Crippen molar-refractivity contribution in [3.05, 3.63) is 72.1 Å². The van der Waals surface area contributed by atoms with Crippen LogP contribution >= 0.6 is 0 Å². The van der Waals surface area contributed by atoms with Crippen molar-refractivity contribution >= 4 is 61.4 Å². The molecule has 0 aliphatic rings. The van der Waals surface area contributed by atoms with Crippen molar-refractivity contribution in [2.24, 2.45) is 0 Å². The molecule has 2 amide bonds. The minimum absolute atomic E-state index is 0.199. The summed E-state index contributed by atoms with van der Waals surface area (Å²) in [4.78, 5) is 55.3. The van der Waals surface area contributed by atoms with Crippen LogP contribution in [0.3, 0.4) is 0 Å². The molecule has 4 rings (SSSR count). The minimum atomic E-state index is -1.52. The third-order valence-corrected chi connectivity index (χ3v) is 6.51. The van der Waals surface area contributed by atoms with Gasteiger partial charge >= 0.3 is 15.9 Å². The number of nitrogens with one attached hydrogen (secondary N) is 4. The summed E-state index contributed by atoms with van der Waals surface area (Å²) in [5, 5.41) is 7.06. The van der Waals surface area contributed by atoms with Crippen molar-refractivity contribution < 1.29 is 26.8 Å². The van der Waals surface area contributed by atoms with Crippen molar-refractivity contribution in [1.82, 2.24) is 20.6 Å². The lowest BCUT2D eigenvalue weighted by molar-refractivity contribution is -0.144. The normalized spacial score (nSPS) is 12.5. The van der Waals surface area contributed by atoms with Gasteiger partial charge in [-0.1, -0.05) is 36.4 Å². The third kappa shape index (κ3) is 6.58. The van der Waals surface area contributed by atoms with Gasteiger partial charge in [-0.15, -0.1) is 0 Å². The molecule has 10 nitrogen and oxygen atoms in total. The average molecular weight is 517 g/mol. The monoisotopic (exact) mass is 517 g/mol. The molecule has 2 aromatic heterocycles. The second kappa shape index (κ2) is 11.8. The second-order valence-corrected chi connectivity index (χ2v) is 9.27. The van der Waals surface area contributed by atoms with E-state index >= 15 is 0 Å². The lowest BCUT2D eigenvalue weighted by Gasteiger charge is -2.19. The van der Waals surface area contributed by atoms with E-state index in [2.05, 4.69) is 20.6 Å². The smallest absolute Gasteiger partial charge is 0.588 e. The summed E-state index contributed by atoms with van der Waals surface area (Å²) in [5.74, 6) is -2.21. The number of aromatic nitrogens is 2. The van der Waals surface area contributed by atoms with Crippen LogP contribution in [0, 0.1) is 0 Å². The van der Waals surface area contributed by atoms with E-state index in [9.17, 15) is 19.2 Å². The number of H-pyrrole nitrogens is 2. The molecule has 11 heteroatoms. The zero-order valence-corrected chi connectivity index (χ0v) is 21.5. The third-order valence-electron chi connectivity index (χ3n) is 5.85. The first-order valence-electron chi connectivity index (χ1n) is 11.7. The van der Waals surface area contributed by atoms with Gasteiger partial charge < -0.3 is 28.2 Å². The number of amides is 2. The molecular formula is C26H26AlN4O6. The lowest BCUT2D eigenvalue weighted by atomic mass is 10.1. The molecule has 0 spiro atoms. The van der Waals surface area contributed by atoms with Crippen molar-refractivity contribution in [3.8, 4) is 0 Å². The maximum atomic E-state index is 12.8. The fraction of sp³-hybridized carbons (Fsp3) is 0.231. The molecule has 0 saturated heterocycles. The summed E-state index contributed by atoms with van der Waals surface area (Å²) < 4.78 is 10.5. The molecular weight excluding hydrogens is 491 g/mol. The SMILES string of the molecule is CC(=O)NC(Cc1c[nH]c2ccccc12)C(=O)[O][Al][O]C(=O)C(Cc1c[nH]c2ccccc12)NC(C)=O. The van der Waals surface area contributed by atoms with Crippen molar-refractivity contribution in [3.63, 3.8) is 0 Å². The van der Waals surface area contributed by atoms with Crippen LogP contribution in [0.15, 0.2) is 60.9 Å². The molecule has 37 heavy (non-hydrogen) atoms. The van der Waals surface area contributed by atoms with E-state index < -0.39 is 51.7 Å². The average Bonchev–Trinajstić information content (AvgIpc) is 3.47. The van der Waals surface area contributed by atoms with Gasteiger partial charge in [0.25, 0.3) is 11.9 Å². The Balaban J connectivity index is 1.38. The first kappa shape index (κ1) is 26.0. The molecule has 0 bridgehead atoms. The van der Waals surface area contributed by atoms with Crippen LogP contribution in [0.25, 0.3) is 21.8 Å². The Morgan fingerprint density at radius 3 is 1.54 bits per heavy atom.